The van der Waals surface area contributed by atoms with Crippen LogP contribution < -0.4 is 0 Å². The van der Waals surface area contributed by atoms with Gasteiger partial charge in [-0.3, -0.25) is 4.90 Å². The second kappa shape index (κ2) is 13.5. The maximum Gasteiger partial charge on any atom is 0.0722 e. The smallest absolute Gasteiger partial charge is 0.0722 e. The van der Waals surface area contributed by atoms with Gasteiger partial charge in [-0.15, -0.1) is 0 Å². The van der Waals surface area contributed by atoms with Crippen molar-refractivity contribution in [3.05, 3.63) is 108 Å². The zero-order valence-corrected chi connectivity index (χ0v) is 22.0. The molecule has 2 heteroatoms. The van der Waals surface area contributed by atoms with Crippen LogP contribution in [-0.2, 0) is 19.5 Å². The second-order valence-electron chi connectivity index (χ2n) is 9.55. The van der Waals surface area contributed by atoms with Crippen LogP contribution in [0.25, 0.3) is 0 Å². The van der Waals surface area contributed by atoms with Crippen molar-refractivity contribution < 1.29 is 0 Å². The molecule has 1 atom stereocenters. The molecule has 0 saturated carbocycles. The zero-order valence-electron chi connectivity index (χ0n) is 21.0. The summed E-state index contributed by atoms with van der Waals surface area (Å²) in [6.45, 7) is 9.51. The highest BCUT2D eigenvalue weighted by Crippen LogP contribution is 2.33. The molecule has 0 aliphatic carbocycles. The molecule has 3 aromatic carbocycles. The van der Waals surface area contributed by atoms with Crippen molar-refractivity contribution in [2.75, 3.05) is 0 Å². The predicted octanol–water partition coefficient (Wildman–Crippen LogP) is 8.52. The molecule has 176 valence electrons. The van der Waals surface area contributed by atoms with Crippen molar-refractivity contribution in [2.45, 2.75) is 83.3 Å². The third kappa shape index (κ3) is 7.42. The first-order valence-corrected chi connectivity index (χ1v) is 15.8. The lowest BCUT2D eigenvalue weighted by atomic mass is 10.1. The number of nitrogens with zero attached hydrogens (tertiary/aromatic N) is 1. The first-order chi connectivity index (χ1) is 16.2. The van der Waals surface area contributed by atoms with Crippen molar-refractivity contribution >= 4 is 8.07 Å². The number of unbranched alkanes of at least 4 members (excludes halogenated alkanes) is 1. The largest absolute Gasteiger partial charge is 0.295 e. The quantitative estimate of drug-likeness (QED) is 0.173. The topological polar surface area (TPSA) is 3.24 Å². The Hall–Kier alpha value is -2.16. The van der Waals surface area contributed by atoms with Gasteiger partial charge < -0.3 is 0 Å². The molecule has 0 saturated heterocycles. The Kier molecular flexibility index (Phi) is 10.4. The van der Waals surface area contributed by atoms with E-state index in [0.717, 1.165) is 13.1 Å². The van der Waals surface area contributed by atoms with Gasteiger partial charge in [0.05, 0.1) is 8.07 Å². The van der Waals surface area contributed by atoms with Crippen molar-refractivity contribution in [3.8, 4) is 0 Å². The minimum absolute atomic E-state index is 0.716. The maximum atomic E-state index is 2.86. The number of hydrogen-bond donors (Lipinski definition) is 0. The van der Waals surface area contributed by atoms with Crippen LogP contribution in [0.2, 0.25) is 18.1 Å². The third-order valence-electron chi connectivity index (χ3n) is 7.75. The SMILES string of the molecule is CC[Si](CC)(CC)[C@H](CCCCc1ccccc1)N(Cc1ccccc1)Cc1ccccc1. The lowest BCUT2D eigenvalue weighted by Crippen LogP contribution is -2.55. The van der Waals surface area contributed by atoms with E-state index >= 15 is 0 Å². The van der Waals surface area contributed by atoms with Crippen LogP contribution in [0.3, 0.4) is 0 Å². The van der Waals surface area contributed by atoms with Crippen LogP contribution >= 0.6 is 0 Å². The van der Waals surface area contributed by atoms with Gasteiger partial charge in [-0.2, -0.15) is 0 Å². The van der Waals surface area contributed by atoms with Crippen LogP contribution in [0.1, 0.15) is 56.7 Å². The minimum Gasteiger partial charge on any atom is -0.295 e. The predicted molar refractivity (Wildman–Crippen MR) is 147 cm³/mol. The molecule has 33 heavy (non-hydrogen) atoms. The fourth-order valence-corrected chi connectivity index (χ4v) is 10.2. The summed E-state index contributed by atoms with van der Waals surface area (Å²) in [5.74, 6) is 0. The monoisotopic (exact) mass is 457 g/mol. The van der Waals surface area contributed by atoms with E-state index in [-0.39, 0.29) is 0 Å². The summed E-state index contributed by atoms with van der Waals surface area (Å²) in [5, 5.41) is 0. The summed E-state index contributed by atoms with van der Waals surface area (Å²) in [6, 6.07) is 37.4. The third-order valence-corrected chi connectivity index (χ3v) is 14.0. The van der Waals surface area contributed by atoms with Gasteiger partial charge in [0.25, 0.3) is 0 Å². The number of hydrogen-bond acceptors (Lipinski definition) is 1. The van der Waals surface area contributed by atoms with E-state index < -0.39 is 8.07 Å². The Balaban J connectivity index is 1.82. The first kappa shape index (κ1) is 25.5. The second-order valence-corrected chi connectivity index (χ2v) is 15.1. The van der Waals surface area contributed by atoms with Gasteiger partial charge in [0, 0.05) is 18.8 Å². The van der Waals surface area contributed by atoms with Gasteiger partial charge in [0.1, 0.15) is 0 Å². The Labute approximate surface area is 203 Å². The standard InChI is InChI=1S/C31H43NSi/c1-4-33(5-2,6-3)31(25-17-16-20-28-18-10-7-11-19-28)32(26-29-21-12-8-13-22-29)27-30-23-14-9-15-24-30/h7-15,18-19,21-24,31H,4-6,16-17,20,25-27H2,1-3H3/t31-/m1/s1. The molecule has 1 nitrogen and oxygen atoms in total. The average Bonchev–Trinajstić information content (AvgIpc) is 2.88. The highest BCUT2D eigenvalue weighted by atomic mass is 28.3. The van der Waals surface area contributed by atoms with Crippen molar-refractivity contribution in [1.82, 2.24) is 4.90 Å². The van der Waals surface area contributed by atoms with E-state index in [1.807, 2.05) is 0 Å². The van der Waals surface area contributed by atoms with Gasteiger partial charge in [-0.25, -0.2) is 0 Å². The van der Waals surface area contributed by atoms with Crippen LogP contribution in [0, 0.1) is 0 Å². The molecule has 0 unspecified atom stereocenters. The fourth-order valence-electron chi connectivity index (χ4n) is 5.56. The van der Waals surface area contributed by atoms with Gasteiger partial charge in [0.2, 0.25) is 0 Å². The molecular weight excluding hydrogens is 414 g/mol. The van der Waals surface area contributed by atoms with E-state index in [1.165, 1.54) is 60.5 Å². The summed E-state index contributed by atoms with van der Waals surface area (Å²) in [4.78, 5) is 2.86. The molecule has 0 amide bonds. The van der Waals surface area contributed by atoms with Gasteiger partial charge >= 0.3 is 0 Å². The van der Waals surface area contributed by atoms with Crippen LogP contribution in [0.15, 0.2) is 91.0 Å². The molecule has 0 fully saturated rings. The normalized spacial score (nSPS) is 12.7. The lowest BCUT2D eigenvalue weighted by Gasteiger charge is -2.45. The van der Waals surface area contributed by atoms with Crippen molar-refractivity contribution in [3.63, 3.8) is 0 Å². The lowest BCUT2D eigenvalue weighted by molar-refractivity contribution is 0.211. The zero-order chi connectivity index (χ0) is 23.4. The summed E-state index contributed by atoms with van der Waals surface area (Å²) < 4.78 is 0. The molecule has 0 spiro atoms. The molecule has 0 N–H and O–H groups in total. The van der Waals surface area contributed by atoms with Gasteiger partial charge in [-0.1, -0.05) is 136 Å². The maximum absolute atomic E-state index is 2.86. The molecule has 0 aliphatic rings. The van der Waals surface area contributed by atoms with Crippen molar-refractivity contribution in [2.24, 2.45) is 0 Å². The molecule has 0 bridgehead atoms. The molecule has 0 aromatic heterocycles. The summed E-state index contributed by atoms with van der Waals surface area (Å²) in [5.41, 5.74) is 5.07. The Morgan fingerprint density at radius 3 is 1.42 bits per heavy atom. The van der Waals surface area contributed by atoms with Crippen LogP contribution in [-0.4, -0.2) is 18.6 Å². The van der Waals surface area contributed by atoms with Crippen LogP contribution in [0.5, 0.6) is 0 Å². The van der Waals surface area contributed by atoms with Gasteiger partial charge in [-0.05, 0) is 36.0 Å². The first-order valence-electron chi connectivity index (χ1n) is 13.1. The van der Waals surface area contributed by atoms with E-state index in [1.54, 1.807) is 0 Å². The average molecular weight is 458 g/mol. The molecule has 3 aromatic rings. The van der Waals surface area contributed by atoms with E-state index in [0.29, 0.717) is 5.67 Å². The van der Waals surface area contributed by atoms with E-state index in [2.05, 4.69) is 117 Å². The Morgan fingerprint density at radius 2 is 1.00 bits per heavy atom. The summed E-state index contributed by atoms with van der Waals surface area (Å²) in [7, 11) is -1.42. The minimum atomic E-state index is -1.42. The summed E-state index contributed by atoms with van der Waals surface area (Å²) in [6.07, 6.45) is 5.12. The van der Waals surface area contributed by atoms with Crippen molar-refractivity contribution in [1.29, 1.82) is 0 Å². The molecular formula is C31H43NSi. The number of aryl methyl sites for hydroxylation is 1. The molecule has 0 heterocycles. The van der Waals surface area contributed by atoms with Gasteiger partial charge in [0.15, 0.2) is 0 Å². The molecule has 3 rings (SSSR count). The Morgan fingerprint density at radius 1 is 0.576 bits per heavy atom. The molecule has 0 radical (unpaired) electrons. The highest BCUT2D eigenvalue weighted by Gasteiger charge is 2.39. The van der Waals surface area contributed by atoms with E-state index in [4.69, 9.17) is 0 Å². The summed E-state index contributed by atoms with van der Waals surface area (Å²) >= 11 is 0. The fraction of sp³-hybridized carbons (Fsp3) is 0.419. The van der Waals surface area contributed by atoms with E-state index in [9.17, 15) is 0 Å². The number of rotatable bonds is 14. The van der Waals surface area contributed by atoms with Crippen LogP contribution in [0.4, 0.5) is 0 Å². The molecule has 0 aliphatic heterocycles. The highest BCUT2D eigenvalue weighted by molar-refractivity contribution is 6.81. The number of benzene rings is 3. The Bertz CT molecular complexity index is 840.